The molecule has 0 atom stereocenters. The number of hydrogen-bond donors (Lipinski definition) is 1. The molecule has 1 aromatic heterocycles. The molecule has 136 valence electrons. The molecule has 5 nitrogen and oxygen atoms in total. The molecular weight excluding hydrogens is 427 g/mol. The molecule has 6 heteroatoms. The van der Waals surface area contributed by atoms with Crippen molar-refractivity contribution in [2.75, 3.05) is 20.6 Å². The van der Waals surface area contributed by atoms with E-state index in [9.17, 15) is 4.79 Å². The molecule has 1 aromatic carbocycles. The highest BCUT2D eigenvalue weighted by Gasteiger charge is 2.01. The van der Waals surface area contributed by atoms with Gasteiger partial charge in [-0.3, -0.25) is 4.79 Å². The van der Waals surface area contributed by atoms with Gasteiger partial charge < -0.3 is 14.8 Å². The van der Waals surface area contributed by atoms with Crippen LogP contribution in [0.2, 0.25) is 0 Å². The van der Waals surface area contributed by atoms with Gasteiger partial charge in [0.15, 0.2) is 5.96 Å². The summed E-state index contributed by atoms with van der Waals surface area (Å²) in [5.41, 5.74) is 1.26. The molecule has 0 aliphatic carbocycles. The maximum Gasteiger partial charge on any atom is 0.250 e. The SMILES string of the molecule is CN(C)C(=NCc1ccccc1)NCCCCn1ccccc1=O.I. The van der Waals surface area contributed by atoms with Crippen LogP contribution in [0, 0.1) is 0 Å². The maximum absolute atomic E-state index is 11.6. The topological polar surface area (TPSA) is 49.6 Å². The average Bonchev–Trinajstić information content (AvgIpc) is 2.59. The van der Waals surface area contributed by atoms with E-state index in [0.29, 0.717) is 6.54 Å². The van der Waals surface area contributed by atoms with Gasteiger partial charge in [-0.2, -0.15) is 0 Å². The molecule has 0 bridgehead atoms. The smallest absolute Gasteiger partial charge is 0.250 e. The predicted octanol–water partition coefficient (Wildman–Crippen LogP) is 2.95. The summed E-state index contributed by atoms with van der Waals surface area (Å²) in [6, 6.07) is 15.5. The summed E-state index contributed by atoms with van der Waals surface area (Å²) in [5.74, 6) is 0.885. The van der Waals surface area contributed by atoms with Crippen LogP contribution in [0.1, 0.15) is 18.4 Å². The Labute approximate surface area is 166 Å². The molecular formula is C19H27IN4O. The lowest BCUT2D eigenvalue weighted by Gasteiger charge is -2.17. The van der Waals surface area contributed by atoms with E-state index in [4.69, 9.17) is 0 Å². The van der Waals surface area contributed by atoms with E-state index >= 15 is 0 Å². The molecule has 1 heterocycles. The van der Waals surface area contributed by atoms with Crippen molar-refractivity contribution in [3.63, 3.8) is 0 Å². The zero-order valence-corrected chi connectivity index (χ0v) is 17.2. The van der Waals surface area contributed by atoms with Crippen molar-refractivity contribution in [1.82, 2.24) is 14.8 Å². The van der Waals surface area contributed by atoms with Crippen LogP contribution in [0.3, 0.4) is 0 Å². The van der Waals surface area contributed by atoms with Crippen LogP contribution >= 0.6 is 24.0 Å². The molecule has 0 saturated carbocycles. The highest BCUT2D eigenvalue weighted by Crippen LogP contribution is 2.01. The summed E-state index contributed by atoms with van der Waals surface area (Å²) < 4.78 is 1.75. The van der Waals surface area contributed by atoms with Gasteiger partial charge in [0, 0.05) is 39.4 Å². The second kappa shape index (κ2) is 11.7. The van der Waals surface area contributed by atoms with Gasteiger partial charge >= 0.3 is 0 Å². The van der Waals surface area contributed by atoms with Crippen molar-refractivity contribution >= 4 is 29.9 Å². The molecule has 0 amide bonds. The Morgan fingerprint density at radius 2 is 1.80 bits per heavy atom. The number of benzene rings is 1. The normalized spacial score (nSPS) is 10.9. The lowest BCUT2D eigenvalue weighted by Crippen LogP contribution is -2.37. The van der Waals surface area contributed by atoms with Crippen molar-refractivity contribution in [3.8, 4) is 0 Å². The standard InChI is InChI=1S/C19H26N4O.HI/c1-22(2)19(21-16-17-10-4-3-5-11-17)20-13-7-9-15-23-14-8-6-12-18(23)24;/h3-6,8,10-12,14H,7,9,13,15-16H2,1-2H3,(H,20,21);1H. The number of nitrogens with one attached hydrogen (secondary N) is 1. The van der Waals surface area contributed by atoms with Gasteiger partial charge in [0.1, 0.15) is 0 Å². The Morgan fingerprint density at radius 1 is 1.08 bits per heavy atom. The fourth-order valence-corrected chi connectivity index (χ4v) is 2.36. The lowest BCUT2D eigenvalue weighted by molar-refractivity contribution is 0.552. The molecule has 0 spiro atoms. The third-order valence-electron chi connectivity index (χ3n) is 3.69. The molecule has 1 N–H and O–H groups in total. The number of hydrogen-bond acceptors (Lipinski definition) is 2. The molecule has 0 unspecified atom stereocenters. The first-order valence-corrected chi connectivity index (χ1v) is 8.32. The quantitative estimate of drug-likeness (QED) is 0.303. The van der Waals surface area contributed by atoms with Crippen molar-refractivity contribution in [1.29, 1.82) is 0 Å². The summed E-state index contributed by atoms with van der Waals surface area (Å²) in [4.78, 5) is 18.3. The van der Waals surface area contributed by atoms with E-state index in [-0.39, 0.29) is 29.5 Å². The molecule has 0 aliphatic heterocycles. The van der Waals surface area contributed by atoms with Crippen LogP contribution in [-0.4, -0.2) is 36.1 Å². The number of rotatable bonds is 7. The summed E-state index contributed by atoms with van der Waals surface area (Å²) in [6.45, 7) is 2.26. The van der Waals surface area contributed by atoms with Gasteiger partial charge in [-0.15, -0.1) is 24.0 Å². The molecule has 2 aromatic rings. The van der Waals surface area contributed by atoms with E-state index in [2.05, 4.69) is 22.4 Å². The third kappa shape index (κ3) is 7.72. The number of nitrogens with zero attached hydrogens (tertiary/aromatic N) is 3. The van der Waals surface area contributed by atoms with Crippen LogP contribution in [-0.2, 0) is 13.1 Å². The number of unbranched alkanes of at least 4 members (excludes halogenated alkanes) is 1. The van der Waals surface area contributed by atoms with E-state index in [1.165, 1.54) is 5.56 Å². The van der Waals surface area contributed by atoms with Gasteiger partial charge in [-0.25, -0.2) is 4.99 Å². The van der Waals surface area contributed by atoms with Gasteiger partial charge in [0.05, 0.1) is 6.54 Å². The molecule has 0 fully saturated rings. The van der Waals surface area contributed by atoms with Crippen LogP contribution in [0.4, 0.5) is 0 Å². The van der Waals surface area contributed by atoms with Crippen molar-refractivity contribution in [2.45, 2.75) is 25.9 Å². The predicted molar refractivity (Wildman–Crippen MR) is 115 cm³/mol. The largest absolute Gasteiger partial charge is 0.356 e. The summed E-state index contributed by atoms with van der Waals surface area (Å²) >= 11 is 0. The third-order valence-corrected chi connectivity index (χ3v) is 3.69. The number of aromatic nitrogens is 1. The van der Waals surface area contributed by atoms with Gasteiger partial charge in [0.2, 0.25) is 5.56 Å². The molecule has 2 rings (SSSR count). The van der Waals surface area contributed by atoms with E-state index < -0.39 is 0 Å². The fourth-order valence-electron chi connectivity index (χ4n) is 2.36. The zero-order valence-electron chi connectivity index (χ0n) is 14.9. The summed E-state index contributed by atoms with van der Waals surface area (Å²) in [7, 11) is 3.97. The number of aliphatic imine (C=N–C) groups is 1. The van der Waals surface area contributed by atoms with Crippen molar-refractivity contribution in [2.24, 2.45) is 4.99 Å². The Balaban J connectivity index is 0.00000312. The monoisotopic (exact) mass is 454 g/mol. The minimum atomic E-state index is 0. The first kappa shape index (κ1) is 21.2. The van der Waals surface area contributed by atoms with Crippen molar-refractivity contribution in [3.05, 3.63) is 70.6 Å². The number of pyridine rings is 1. The number of halogens is 1. The van der Waals surface area contributed by atoms with Crippen LogP contribution in [0.25, 0.3) is 0 Å². The summed E-state index contributed by atoms with van der Waals surface area (Å²) in [5, 5.41) is 3.38. The second-order valence-electron chi connectivity index (χ2n) is 5.89. The van der Waals surface area contributed by atoms with Gasteiger partial charge in [-0.05, 0) is 24.5 Å². The highest BCUT2D eigenvalue weighted by atomic mass is 127. The number of aryl methyl sites for hydroxylation is 1. The van der Waals surface area contributed by atoms with Gasteiger partial charge in [-0.1, -0.05) is 36.4 Å². The molecule has 0 aliphatic rings. The Hall–Kier alpha value is -1.83. The molecule has 0 radical (unpaired) electrons. The molecule has 25 heavy (non-hydrogen) atoms. The van der Waals surface area contributed by atoms with Crippen molar-refractivity contribution < 1.29 is 0 Å². The Bertz CT molecular complexity index is 698. The van der Waals surface area contributed by atoms with Crippen LogP contribution < -0.4 is 10.9 Å². The first-order chi connectivity index (χ1) is 11.7. The minimum absolute atomic E-state index is 0. The van der Waals surface area contributed by atoms with E-state index in [1.54, 1.807) is 16.7 Å². The Morgan fingerprint density at radius 3 is 2.48 bits per heavy atom. The zero-order chi connectivity index (χ0) is 17.2. The van der Waals surface area contributed by atoms with Crippen LogP contribution in [0.5, 0.6) is 0 Å². The van der Waals surface area contributed by atoms with Crippen LogP contribution in [0.15, 0.2) is 64.5 Å². The number of guanidine groups is 1. The average molecular weight is 454 g/mol. The Kier molecular flexibility index (Phi) is 9.91. The minimum Gasteiger partial charge on any atom is -0.356 e. The molecule has 0 saturated heterocycles. The van der Waals surface area contributed by atoms with E-state index in [0.717, 1.165) is 31.9 Å². The van der Waals surface area contributed by atoms with Gasteiger partial charge in [0.25, 0.3) is 0 Å². The summed E-state index contributed by atoms with van der Waals surface area (Å²) in [6.07, 6.45) is 3.78. The van der Waals surface area contributed by atoms with E-state index in [1.807, 2.05) is 49.5 Å². The maximum atomic E-state index is 11.6. The highest BCUT2D eigenvalue weighted by molar-refractivity contribution is 14.0. The first-order valence-electron chi connectivity index (χ1n) is 8.32. The lowest BCUT2D eigenvalue weighted by atomic mass is 10.2. The fraction of sp³-hybridized carbons (Fsp3) is 0.368. The second-order valence-corrected chi connectivity index (χ2v) is 5.89.